The Labute approximate surface area is 130 Å². The number of carbonyl (C=O) groups excluding carboxylic acids is 1. The third kappa shape index (κ3) is 2.16. The molecule has 4 unspecified atom stereocenters. The van der Waals surface area contributed by atoms with Gasteiger partial charge in [-0.15, -0.1) is 0 Å². The highest BCUT2D eigenvalue weighted by Gasteiger charge is 2.48. The predicted octanol–water partition coefficient (Wildman–Crippen LogP) is 1.31. The summed E-state index contributed by atoms with van der Waals surface area (Å²) in [6, 6.07) is -0.342. The van der Waals surface area contributed by atoms with Crippen LogP contribution in [0.5, 0.6) is 0 Å². The minimum Gasteiger partial charge on any atom is -0.378 e. The van der Waals surface area contributed by atoms with Gasteiger partial charge in [0, 0.05) is 6.04 Å². The molecule has 2 bridgehead atoms. The second-order valence-corrected chi connectivity index (χ2v) is 5.93. The molecule has 3 rings (SSSR count). The van der Waals surface area contributed by atoms with Gasteiger partial charge in [0.25, 0.3) is 0 Å². The molecule has 1 fully saturated rings. The average Bonchev–Trinajstić information content (AvgIpc) is 3.03. The standard InChI is InChI=1S/C13H14ClN5O3/c14-7-4-17-12(15)11(19(21)22)10(7)18-9-6-2-1-5(3-6)8(9)13(16)20/h1-2,4-6,8-9H,3H2,(H2,16,20)(H3,15,17,18). The average molecular weight is 324 g/mol. The SMILES string of the molecule is NC(=O)C1C2C=CC(C2)C1Nc1c(Cl)cnc(N)c1[N+](=O)[O-]. The molecule has 1 amide bonds. The lowest BCUT2D eigenvalue weighted by atomic mass is 9.88. The van der Waals surface area contributed by atoms with E-state index in [-0.39, 0.29) is 40.1 Å². The fourth-order valence-corrected chi connectivity index (χ4v) is 3.58. The van der Waals surface area contributed by atoms with E-state index in [4.69, 9.17) is 23.1 Å². The predicted molar refractivity (Wildman–Crippen MR) is 81.1 cm³/mol. The zero-order chi connectivity index (χ0) is 16.0. The van der Waals surface area contributed by atoms with Crippen LogP contribution in [0.15, 0.2) is 18.3 Å². The number of halogens is 1. The molecular weight excluding hydrogens is 310 g/mol. The number of nitrogens with two attached hydrogens (primary N) is 2. The summed E-state index contributed by atoms with van der Waals surface area (Å²) in [5.74, 6) is -0.967. The number of hydrogen-bond donors (Lipinski definition) is 3. The van der Waals surface area contributed by atoms with Crippen molar-refractivity contribution >= 4 is 34.7 Å². The zero-order valence-corrected chi connectivity index (χ0v) is 12.2. The summed E-state index contributed by atoms with van der Waals surface area (Å²) in [6.45, 7) is 0. The lowest BCUT2D eigenvalue weighted by molar-refractivity contribution is -0.383. The molecule has 8 nitrogen and oxygen atoms in total. The molecule has 1 saturated carbocycles. The topological polar surface area (TPSA) is 137 Å². The van der Waals surface area contributed by atoms with Gasteiger partial charge in [-0.05, 0) is 18.3 Å². The van der Waals surface area contributed by atoms with Crippen LogP contribution < -0.4 is 16.8 Å². The van der Waals surface area contributed by atoms with Crippen LogP contribution in [0, 0.1) is 27.9 Å². The van der Waals surface area contributed by atoms with Crippen LogP contribution in [-0.4, -0.2) is 21.9 Å². The lowest BCUT2D eigenvalue weighted by Gasteiger charge is -2.27. The van der Waals surface area contributed by atoms with Crippen LogP contribution in [-0.2, 0) is 4.79 Å². The van der Waals surface area contributed by atoms with Crippen molar-refractivity contribution in [1.82, 2.24) is 4.98 Å². The summed E-state index contributed by atoms with van der Waals surface area (Å²) in [7, 11) is 0. The maximum Gasteiger partial charge on any atom is 0.335 e. The Hall–Kier alpha value is -2.35. The molecule has 0 spiro atoms. The van der Waals surface area contributed by atoms with Gasteiger partial charge in [0.15, 0.2) is 0 Å². The molecule has 0 aromatic carbocycles. The van der Waals surface area contributed by atoms with E-state index in [9.17, 15) is 14.9 Å². The van der Waals surface area contributed by atoms with Crippen molar-refractivity contribution in [3.63, 3.8) is 0 Å². The molecule has 9 heteroatoms. The van der Waals surface area contributed by atoms with Gasteiger partial charge in [0.05, 0.1) is 22.1 Å². The number of amides is 1. The van der Waals surface area contributed by atoms with Gasteiger partial charge >= 0.3 is 5.69 Å². The molecule has 1 aromatic heterocycles. The summed E-state index contributed by atoms with van der Waals surface area (Å²) in [5.41, 5.74) is 10.7. The highest BCUT2D eigenvalue weighted by Crippen LogP contribution is 2.46. The second kappa shape index (κ2) is 5.13. The number of allylic oxidation sites excluding steroid dienone is 1. The lowest BCUT2D eigenvalue weighted by Crippen LogP contribution is -2.41. The number of rotatable bonds is 4. The number of carbonyl (C=O) groups is 1. The number of nitrogens with one attached hydrogen (secondary N) is 1. The summed E-state index contributed by atoms with van der Waals surface area (Å²) < 4.78 is 0. The molecule has 0 radical (unpaired) electrons. The number of nitrogen functional groups attached to an aromatic ring is 1. The van der Waals surface area contributed by atoms with Gasteiger partial charge in [-0.2, -0.15) is 0 Å². The van der Waals surface area contributed by atoms with E-state index < -0.39 is 16.7 Å². The van der Waals surface area contributed by atoms with Crippen LogP contribution in [0.2, 0.25) is 5.02 Å². The first-order valence-corrected chi connectivity index (χ1v) is 7.10. The third-order valence-corrected chi connectivity index (χ3v) is 4.60. The van der Waals surface area contributed by atoms with Crippen molar-refractivity contribution in [3.05, 3.63) is 33.5 Å². The van der Waals surface area contributed by atoms with Crippen molar-refractivity contribution < 1.29 is 9.72 Å². The van der Waals surface area contributed by atoms with Crippen molar-refractivity contribution in [2.75, 3.05) is 11.1 Å². The fourth-order valence-electron chi connectivity index (χ4n) is 3.39. The van der Waals surface area contributed by atoms with Crippen molar-refractivity contribution in [3.8, 4) is 0 Å². The van der Waals surface area contributed by atoms with E-state index in [0.29, 0.717) is 0 Å². The van der Waals surface area contributed by atoms with Crippen molar-refractivity contribution in [2.24, 2.45) is 23.5 Å². The molecular formula is C13H14ClN5O3. The van der Waals surface area contributed by atoms with Gasteiger partial charge < -0.3 is 16.8 Å². The van der Waals surface area contributed by atoms with Crippen LogP contribution in [0.1, 0.15) is 6.42 Å². The Bertz CT molecular complexity index is 692. The number of fused-ring (bicyclic) bond motifs is 2. The molecule has 4 atom stereocenters. The van der Waals surface area contributed by atoms with Gasteiger partial charge in [-0.1, -0.05) is 23.8 Å². The van der Waals surface area contributed by atoms with E-state index in [2.05, 4.69) is 10.3 Å². The molecule has 0 aliphatic heterocycles. The monoisotopic (exact) mass is 323 g/mol. The first-order chi connectivity index (χ1) is 10.4. The largest absolute Gasteiger partial charge is 0.378 e. The normalized spacial score (nSPS) is 28.8. The number of hydrogen-bond acceptors (Lipinski definition) is 6. The Kier molecular flexibility index (Phi) is 3.40. The Morgan fingerprint density at radius 1 is 1.45 bits per heavy atom. The van der Waals surface area contributed by atoms with Crippen molar-refractivity contribution in [1.29, 1.82) is 0 Å². The van der Waals surface area contributed by atoms with Gasteiger partial charge in [-0.3, -0.25) is 14.9 Å². The molecule has 1 heterocycles. The number of pyridine rings is 1. The highest BCUT2D eigenvalue weighted by atomic mass is 35.5. The Morgan fingerprint density at radius 2 is 2.14 bits per heavy atom. The number of nitrogens with zero attached hydrogens (tertiary/aromatic N) is 2. The highest BCUT2D eigenvalue weighted by molar-refractivity contribution is 6.33. The number of anilines is 2. The third-order valence-electron chi connectivity index (χ3n) is 4.32. The van der Waals surface area contributed by atoms with Gasteiger partial charge in [-0.25, -0.2) is 4.98 Å². The number of primary amides is 1. The van der Waals surface area contributed by atoms with E-state index in [1.165, 1.54) is 6.20 Å². The molecule has 22 heavy (non-hydrogen) atoms. The van der Waals surface area contributed by atoms with E-state index in [1.807, 2.05) is 12.2 Å². The second-order valence-electron chi connectivity index (χ2n) is 5.52. The summed E-state index contributed by atoms with van der Waals surface area (Å²) in [4.78, 5) is 26.0. The van der Waals surface area contributed by atoms with E-state index in [0.717, 1.165) is 6.42 Å². The van der Waals surface area contributed by atoms with E-state index >= 15 is 0 Å². The quantitative estimate of drug-likeness (QED) is 0.434. The summed E-state index contributed by atoms with van der Waals surface area (Å²) >= 11 is 6.03. The van der Waals surface area contributed by atoms with Crippen LogP contribution >= 0.6 is 11.6 Å². The zero-order valence-electron chi connectivity index (χ0n) is 11.4. The molecule has 1 aromatic rings. The fraction of sp³-hybridized carbons (Fsp3) is 0.385. The van der Waals surface area contributed by atoms with E-state index in [1.54, 1.807) is 0 Å². The first-order valence-electron chi connectivity index (χ1n) is 6.72. The smallest absolute Gasteiger partial charge is 0.335 e. The molecule has 2 aliphatic carbocycles. The molecule has 5 N–H and O–H groups in total. The molecule has 116 valence electrons. The summed E-state index contributed by atoms with van der Waals surface area (Å²) in [6.07, 6.45) is 5.99. The minimum atomic E-state index is -0.640. The molecule has 2 aliphatic rings. The maximum absolute atomic E-state index is 11.7. The van der Waals surface area contributed by atoms with Crippen LogP contribution in [0.3, 0.4) is 0 Å². The Balaban J connectivity index is 2.00. The van der Waals surface area contributed by atoms with Crippen molar-refractivity contribution in [2.45, 2.75) is 12.5 Å². The van der Waals surface area contributed by atoms with Gasteiger partial charge in [0.1, 0.15) is 5.69 Å². The molecule has 0 saturated heterocycles. The van der Waals surface area contributed by atoms with Crippen LogP contribution in [0.4, 0.5) is 17.2 Å². The van der Waals surface area contributed by atoms with Gasteiger partial charge in [0.2, 0.25) is 11.7 Å². The van der Waals surface area contributed by atoms with Crippen LogP contribution in [0.25, 0.3) is 0 Å². The maximum atomic E-state index is 11.7. The number of nitro groups is 1. The Morgan fingerprint density at radius 3 is 2.77 bits per heavy atom. The first kappa shape index (κ1) is 14.6. The number of aromatic nitrogens is 1. The summed E-state index contributed by atoms with van der Waals surface area (Å²) in [5, 5.41) is 14.3. The minimum absolute atomic E-state index is 0.0528.